The Morgan fingerprint density at radius 2 is 1.95 bits per heavy atom. The monoisotopic (exact) mass is 378 g/mol. The van der Waals surface area contributed by atoms with Gasteiger partial charge < -0.3 is 5.73 Å². The summed E-state index contributed by atoms with van der Waals surface area (Å²) in [6.07, 6.45) is 0. The minimum atomic E-state index is -3.99. The summed E-state index contributed by atoms with van der Waals surface area (Å²) < 4.78 is 40.3. The largest absolute Gasteiger partial charge is 0.398 e. The molecular weight excluding hydrogens is 371 g/mol. The summed E-state index contributed by atoms with van der Waals surface area (Å²) in [5, 5.41) is -0.00455. The maximum absolute atomic E-state index is 13.4. The van der Waals surface area contributed by atoms with Crippen molar-refractivity contribution in [1.29, 1.82) is 0 Å². The Kier molecular flexibility index (Phi) is 4.22. The fourth-order valence-corrected chi connectivity index (χ4v) is 3.55. The summed E-state index contributed by atoms with van der Waals surface area (Å²) in [6, 6.07) is 8.22. The highest BCUT2D eigenvalue weighted by Crippen LogP contribution is 2.29. The Hall–Kier alpha value is -1.31. The van der Waals surface area contributed by atoms with Crippen LogP contribution in [0.3, 0.4) is 0 Å². The smallest absolute Gasteiger partial charge is 0.265 e. The molecule has 2 rings (SSSR count). The second-order valence-electron chi connectivity index (χ2n) is 3.89. The first kappa shape index (κ1) is 15.1. The van der Waals surface area contributed by atoms with Crippen LogP contribution < -0.4 is 10.5 Å². The van der Waals surface area contributed by atoms with E-state index in [1.165, 1.54) is 30.3 Å². The van der Waals surface area contributed by atoms with Crippen LogP contribution in [0, 0.1) is 5.82 Å². The summed E-state index contributed by atoms with van der Waals surface area (Å²) in [5.74, 6) is -0.586. The normalized spacial score (nSPS) is 11.3. The zero-order valence-corrected chi connectivity index (χ0v) is 13.1. The Labute approximate surface area is 128 Å². The van der Waals surface area contributed by atoms with Gasteiger partial charge in [-0.15, -0.1) is 0 Å². The second kappa shape index (κ2) is 5.59. The van der Waals surface area contributed by atoms with E-state index in [4.69, 9.17) is 17.3 Å². The van der Waals surface area contributed by atoms with Crippen LogP contribution in [0.25, 0.3) is 0 Å². The molecule has 0 fully saturated rings. The van der Waals surface area contributed by atoms with Crippen LogP contribution in [0.1, 0.15) is 0 Å². The summed E-state index contributed by atoms with van der Waals surface area (Å²) in [4.78, 5) is -0.231. The van der Waals surface area contributed by atoms with Crippen LogP contribution in [0.2, 0.25) is 5.02 Å². The SMILES string of the molecule is Nc1cccc(Cl)c1S(=O)(=O)Nc1ccc(Br)c(F)c1. The number of rotatable bonds is 3. The van der Waals surface area contributed by atoms with Gasteiger partial charge in [0.05, 0.1) is 20.9 Å². The quantitative estimate of drug-likeness (QED) is 0.800. The van der Waals surface area contributed by atoms with E-state index in [-0.39, 0.29) is 25.8 Å². The van der Waals surface area contributed by atoms with Gasteiger partial charge in [0, 0.05) is 0 Å². The molecule has 0 saturated heterocycles. The van der Waals surface area contributed by atoms with Crippen molar-refractivity contribution in [2.45, 2.75) is 4.90 Å². The number of anilines is 2. The first-order valence-corrected chi connectivity index (χ1v) is 7.98. The van der Waals surface area contributed by atoms with Crippen LogP contribution in [0.15, 0.2) is 45.8 Å². The molecule has 0 heterocycles. The molecule has 0 saturated carbocycles. The predicted molar refractivity (Wildman–Crippen MR) is 80.8 cm³/mol. The van der Waals surface area contributed by atoms with E-state index in [9.17, 15) is 12.8 Å². The van der Waals surface area contributed by atoms with Crippen LogP contribution in [0.4, 0.5) is 15.8 Å². The lowest BCUT2D eigenvalue weighted by atomic mass is 10.3. The zero-order chi connectivity index (χ0) is 14.9. The van der Waals surface area contributed by atoms with Gasteiger partial charge in [-0.05, 0) is 46.3 Å². The third kappa shape index (κ3) is 3.05. The number of halogens is 3. The molecular formula is C12H9BrClFN2O2S. The predicted octanol–water partition coefficient (Wildman–Crippen LogP) is 3.62. The summed E-state index contributed by atoms with van der Waals surface area (Å²) in [6.45, 7) is 0. The molecule has 0 atom stereocenters. The lowest BCUT2D eigenvalue weighted by Crippen LogP contribution is -2.15. The fraction of sp³-hybridized carbons (Fsp3) is 0. The van der Waals surface area contributed by atoms with Crippen LogP contribution in [0.5, 0.6) is 0 Å². The Morgan fingerprint density at radius 1 is 1.25 bits per heavy atom. The van der Waals surface area contributed by atoms with Gasteiger partial charge in [0.25, 0.3) is 10.0 Å². The van der Waals surface area contributed by atoms with E-state index < -0.39 is 15.8 Å². The molecule has 0 aliphatic heterocycles. The number of nitrogens with two attached hydrogens (primary N) is 1. The van der Waals surface area contributed by atoms with Crippen LogP contribution >= 0.6 is 27.5 Å². The number of benzene rings is 2. The van der Waals surface area contributed by atoms with Gasteiger partial charge >= 0.3 is 0 Å². The number of hydrogen-bond donors (Lipinski definition) is 2. The molecule has 8 heteroatoms. The lowest BCUT2D eigenvalue weighted by Gasteiger charge is -2.11. The Morgan fingerprint density at radius 3 is 2.55 bits per heavy atom. The van der Waals surface area contributed by atoms with Crippen molar-refractivity contribution in [2.75, 3.05) is 10.5 Å². The topological polar surface area (TPSA) is 72.2 Å². The van der Waals surface area contributed by atoms with Gasteiger partial charge in [0.15, 0.2) is 0 Å². The minimum absolute atomic E-state index is 0.00455. The summed E-state index contributed by atoms with van der Waals surface area (Å²) in [7, 11) is -3.99. The number of nitrogen functional groups attached to an aromatic ring is 1. The first-order chi connectivity index (χ1) is 9.31. The highest BCUT2D eigenvalue weighted by Gasteiger charge is 2.21. The molecule has 0 radical (unpaired) electrons. The van der Waals surface area contributed by atoms with E-state index >= 15 is 0 Å². The number of hydrogen-bond acceptors (Lipinski definition) is 3. The van der Waals surface area contributed by atoms with E-state index in [1.54, 1.807) is 0 Å². The van der Waals surface area contributed by atoms with Gasteiger partial charge in [0.1, 0.15) is 10.7 Å². The Balaban J connectivity index is 2.43. The molecule has 0 aromatic heterocycles. The molecule has 106 valence electrons. The van der Waals surface area contributed by atoms with E-state index in [2.05, 4.69) is 20.7 Å². The average Bonchev–Trinajstić information content (AvgIpc) is 2.33. The van der Waals surface area contributed by atoms with Crippen molar-refractivity contribution in [3.63, 3.8) is 0 Å². The van der Waals surface area contributed by atoms with Crippen LogP contribution in [-0.2, 0) is 10.0 Å². The van der Waals surface area contributed by atoms with Crippen molar-refractivity contribution in [1.82, 2.24) is 0 Å². The highest BCUT2D eigenvalue weighted by molar-refractivity contribution is 9.10. The molecule has 0 aliphatic carbocycles. The zero-order valence-electron chi connectivity index (χ0n) is 9.90. The molecule has 4 nitrogen and oxygen atoms in total. The van der Waals surface area contributed by atoms with Crippen molar-refractivity contribution in [2.24, 2.45) is 0 Å². The van der Waals surface area contributed by atoms with E-state index in [0.29, 0.717) is 0 Å². The number of sulfonamides is 1. The van der Waals surface area contributed by atoms with Gasteiger partial charge in [-0.25, -0.2) is 12.8 Å². The molecule has 3 N–H and O–H groups in total. The van der Waals surface area contributed by atoms with Crippen molar-refractivity contribution in [3.8, 4) is 0 Å². The molecule has 2 aromatic carbocycles. The van der Waals surface area contributed by atoms with Gasteiger partial charge in [-0.2, -0.15) is 0 Å². The second-order valence-corrected chi connectivity index (χ2v) is 6.77. The minimum Gasteiger partial charge on any atom is -0.398 e. The lowest BCUT2D eigenvalue weighted by molar-refractivity contribution is 0.601. The van der Waals surface area contributed by atoms with Gasteiger partial charge in [-0.3, -0.25) is 4.72 Å². The fourth-order valence-electron chi connectivity index (χ4n) is 1.57. The third-order valence-electron chi connectivity index (χ3n) is 2.44. The highest BCUT2D eigenvalue weighted by atomic mass is 79.9. The molecule has 0 spiro atoms. The molecule has 0 bridgehead atoms. The summed E-state index contributed by atoms with van der Waals surface area (Å²) >= 11 is 8.84. The Bertz CT molecular complexity index is 748. The van der Waals surface area contributed by atoms with Crippen LogP contribution in [-0.4, -0.2) is 8.42 Å². The van der Waals surface area contributed by atoms with Crippen molar-refractivity contribution in [3.05, 3.63) is 51.7 Å². The van der Waals surface area contributed by atoms with E-state index in [0.717, 1.165) is 6.07 Å². The maximum atomic E-state index is 13.4. The third-order valence-corrected chi connectivity index (χ3v) is 5.01. The first-order valence-electron chi connectivity index (χ1n) is 5.33. The molecule has 0 aliphatic rings. The van der Waals surface area contributed by atoms with Gasteiger partial charge in [0.2, 0.25) is 0 Å². The number of nitrogens with one attached hydrogen (secondary N) is 1. The molecule has 20 heavy (non-hydrogen) atoms. The molecule has 0 unspecified atom stereocenters. The standard InChI is InChI=1S/C12H9BrClFN2O2S/c13-8-5-4-7(6-10(8)15)17-20(18,19)12-9(14)2-1-3-11(12)16/h1-6,17H,16H2. The van der Waals surface area contributed by atoms with Crippen molar-refractivity contribution >= 4 is 48.9 Å². The van der Waals surface area contributed by atoms with E-state index in [1.807, 2.05) is 0 Å². The van der Waals surface area contributed by atoms with Crippen molar-refractivity contribution < 1.29 is 12.8 Å². The van der Waals surface area contributed by atoms with Gasteiger partial charge in [-0.1, -0.05) is 17.7 Å². The average molecular weight is 380 g/mol. The molecule has 0 amide bonds. The molecule has 2 aromatic rings. The maximum Gasteiger partial charge on any atom is 0.265 e. The summed E-state index contributed by atoms with van der Waals surface area (Å²) in [5.41, 5.74) is 5.72.